The standard InChI is InChI=1S/C19H16Cl2N2OS/c1-10-6-8-12(9-7-10)17-15(11(2)24)18(23-19(25)22-17)13-4-3-5-14(20)16(13)21/h3-9,18H,1-2H3,(H2,22,23,25)/t18-/m1/s1. The summed E-state index contributed by atoms with van der Waals surface area (Å²) in [5, 5.41) is 7.54. The van der Waals surface area contributed by atoms with Crippen molar-refractivity contribution < 1.29 is 4.79 Å². The van der Waals surface area contributed by atoms with E-state index in [4.69, 9.17) is 35.4 Å². The molecule has 0 fully saturated rings. The molecule has 1 aliphatic rings. The normalized spacial score (nSPS) is 17.1. The highest BCUT2D eigenvalue weighted by molar-refractivity contribution is 7.80. The number of ketones is 1. The van der Waals surface area contributed by atoms with Crippen molar-refractivity contribution in [3.05, 3.63) is 74.8 Å². The molecule has 1 atom stereocenters. The molecule has 6 heteroatoms. The minimum absolute atomic E-state index is 0.0703. The number of carbonyl (C=O) groups is 1. The van der Waals surface area contributed by atoms with Gasteiger partial charge in [0.15, 0.2) is 10.9 Å². The lowest BCUT2D eigenvalue weighted by Gasteiger charge is -2.32. The number of Topliss-reactive ketones (excluding diaryl/α,β-unsaturated/α-hetero) is 1. The largest absolute Gasteiger partial charge is 0.351 e. The number of hydrogen-bond donors (Lipinski definition) is 2. The molecule has 1 heterocycles. The minimum Gasteiger partial charge on any atom is -0.351 e. The van der Waals surface area contributed by atoms with E-state index in [1.165, 1.54) is 6.92 Å². The summed E-state index contributed by atoms with van der Waals surface area (Å²) >= 11 is 17.9. The second-order valence-electron chi connectivity index (χ2n) is 5.89. The van der Waals surface area contributed by atoms with Crippen LogP contribution in [-0.2, 0) is 4.79 Å². The van der Waals surface area contributed by atoms with Crippen LogP contribution in [-0.4, -0.2) is 10.9 Å². The number of nitrogens with one attached hydrogen (secondary N) is 2. The maximum atomic E-state index is 12.5. The van der Waals surface area contributed by atoms with Crippen molar-refractivity contribution in [2.75, 3.05) is 0 Å². The monoisotopic (exact) mass is 390 g/mol. The molecule has 0 spiro atoms. The number of thiocarbonyl (C=S) groups is 1. The molecule has 0 bridgehead atoms. The predicted molar refractivity (Wildman–Crippen MR) is 107 cm³/mol. The molecule has 1 aliphatic heterocycles. The summed E-state index contributed by atoms with van der Waals surface area (Å²) < 4.78 is 0. The Bertz CT molecular complexity index is 891. The van der Waals surface area contributed by atoms with Gasteiger partial charge in [0.05, 0.1) is 21.8 Å². The number of aryl methyl sites for hydroxylation is 1. The number of hydrogen-bond acceptors (Lipinski definition) is 2. The molecular formula is C19H16Cl2N2OS. The van der Waals surface area contributed by atoms with E-state index in [1.807, 2.05) is 37.3 Å². The Balaban J connectivity index is 2.22. The van der Waals surface area contributed by atoms with Crippen LogP contribution in [0.1, 0.15) is 29.7 Å². The Kier molecular flexibility index (Phi) is 5.13. The summed E-state index contributed by atoms with van der Waals surface area (Å²) in [6, 6.07) is 12.8. The van der Waals surface area contributed by atoms with Gasteiger partial charge in [0.1, 0.15) is 0 Å². The fourth-order valence-electron chi connectivity index (χ4n) is 2.87. The van der Waals surface area contributed by atoms with Gasteiger partial charge in [0.25, 0.3) is 0 Å². The summed E-state index contributed by atoms with van der Waals surface area (Å²) in [6.45, 7) is 3.55. The van der Waals surface area contributed by atoms with Crippen LogP contribution in [0.15, 0.2) is 48.0 Å². The lowest BCUT2D eigenvalue weighted by atomic mass is 9.90. The van der Waals surface area contributed by atoms with Gasteiger partial charge in [-0.05, 0) is 43.3 Å². The van der Waals surface area contributed by atoms with Gasteiger partial charge >= 0.3 is 0 Å². The molecule has 2 aromatic carbocycles. The zero-order chi connectivity index (χ0) is 18.1. The van der Waals surface area contributed by atoms with E-state index >= 15 is 0 Å². The van der Waals surface area contributed by atoms with Crippen LogP contribution in [0.5, 0.6) is 0 Å². The Morgan fingerprint density at radius 3 is 2.44 bits per heavy atom. The molecule has 25 heavy (non-hydrogen) atoms. The van der Waals surface area contributed by atoms with Crippen LogP contribution in [0.2, 0.25) is 10.0 Å². The summed E-state index contributed by atoms with van der Waals surface area (Å²) in [5.41, 5.74) is 4.01. The fourth-order valence-corrected chi connectivity index (χ4v) is 3.51. The van der Waals surface area contributed by atoms with Gasteiger partial charge in [-0.15, -0.1) is 0 Å². The van der Waals surface area contributed by atoms with Crippen LogP contribution < -0.4 is 10.6 Å². The minimum atomic E-state index is -0.464. The van der Waals surface area contributed by atoms with Crippen LogP contribution >= 0.6 is 35.4 Å². The van der Waals surface area contributed by atoms with E-state index in [9.17, 15) is 4.79 Å². The van der Waals surface area contributed by atoms with Crippen molar-refractivity contribution in [3.63, 3.8) is 0 Å². The molecule has 2 N–H and O–H groups in total. The first kappa shape index (κ1) is 17.9. The Morgan fingerprint density at radius 2 is 1.80 bits per heavy atom. The van der Waals surface area contributed by atoms with Gasteiger partial charge in [-0.1, -0.05) is 65.2 Å². The zero-order valence-electron chi connectivity index (χ0n) is 13.7. The Morgan fingerprint density at radius 1 is 1.12 bits per heavy atom. The molecule has 0 amide bonds. The molecule has 128 valence electrons. The highest BCUT2D eigenvalue weighted by Crippen LogP contribution is 2.37. The van der Waals surface area contributed by atoms with Crippen LogP contribution in [0.4, 0.5) is 0 Å². The molecule has 3 nitrogen and oxygen atoms in total. The lowest BCUT2D eigenvalue weighted by molar-refractivity contribution is -0.113. The van der Waals surface area contributed by atoms with Crippen molar-refractivity contribution in [1.29, 1.82) is 0 Å². The third-order valence-electron chi connectivity index (χ3n) is 4.08. The molecule has 0 saturated carbocycles. The molecular weight excluding hydrogens is 375 g/mol. The van der Waals surface area contributed by atoms with Gasteiger partial charge in [-0.25, -0.2) is 0 Å². The zero-order valence-corrected chi connectivity index (χ0v) is 16.0. The molecule has 2 aromatic rings. The van der Waals surface area contributed by atoms with E-state index in [0.29, 0.717) is 32.0 Å². The smallest absolute Gasteiger partial charge is 0.171 e. The highest BCUT2D eigenvalue weighted by atomic mass is 35.5. The first-order valence-corrected chi connectivity index (χ1v) is 8.88. The van der Waals surface area contributed by atoms with Crippen LogP contribution in [0, 0.1) is 6.92 Å². The van der Waals surface area contributed by atoms with Crippen molar-refractivity contribution in [3.8, 4) is 0 Å². The lowest BCUT2D eigenvalue weighted by Crippen LogP contribution is -2.44. The van der Waals surface area contributed by atoms with E-state index in [1.54, 1.807) is 12.1 Å². The summed E-state index contributed by atoms with van der Waals surface area (Å²) in [4.78, 5) is 12.5. The van der Waals surface area contributed by atoms with E-state index in [2.05, 4.69) is 10.6 Å². The predicted octanol–water partition coefficient (Wildman–Crippen LogP) is 4.82. The van der Waals surface area contributed by atoms with Crippen molar-refractivity contribution >= 4 is 52.0 Å². The molecule has 0 unspecified atom stereocenters. The van der Waals surface area contributed by atoms with Crippen LogP contribution in [0.3, 0.4) is 0 Å². The molecule has 0 aromatic heterocycles. The number of rotatable bonds is 3. The van der Waals surface area contributed by atoms with Gasteiger partial charge in [-0.2, -0.15) is 0 Å². The van der Waals surface area contributed by atoms with E-state index < -0.39 is 6.04 Å². The molecule has 0 aliphatic carbocycles. The third-order valence-corrected chi connectivity index (χ3v) is 5.14. The number of benzene rings is 2. The number of halogens is 2. The van der Waals surface area contributed by atoms with Gasteiger partial charge < -0.3 is 10.6 Å². The van der Waals surface area contributed by atoms with Gasteiger partial charge in [0, 0.05) is 5.57 Å². The van der Waals surface area contributed by atoms with Crippen molar-refractivity contribution in [1.82, 2.24) is 10.6 Å². The molecule has 0 saturated heterocycles. The first-order valence-electron chi connectivity index (χ1n) is 7.72. The maximum Gasteiger partial charge on any atom is 0.171 e. The number of carbonyl (C=O) groups excluding carboxylic acids is 1. The second kappa shape index (κ2) is 7.16. The van der Waals surface area contributed by atoms with Crippen molar-refractivity contribution in [2.24, 2.45) is 0 Å². The summed E-state index contributed by atoms with van der Waals surface area (Å²) in [7, 11) is 0. The Hall–Kier alpha value is -1.88. The van der Waals surface area contributed by atoms with E-state index in [-0.39, 0.29) is 5.78 Å². The average Bonchev–Trinajstić information content (AvgIpc) is 2.57. The van der Waals surface area contributed by atoms with E-state index in [0.717, 1.165) is 11.1 Å². The highest BCUT2D eigenvalue weighted by Gasteiger charge is 2.31. The molecule has 0 radical (unpaired) electrons. The van der Waals surface area contributed by atoms with Crippen LogP contribution in [0.25, 0.3) is 5.70 Å². The van der Waals surface area contributed by atoms with Gasteiger partial charge in [-0.3, -0.25) is 4.79 Å². The second-order valence-corrected chi connectivity index (χ2v) is 7.08. The SMILES string of the molecule is CC(=O)C1=C(c2ccc(C)cc2)NC(=S)N[C@@H]1c1cccc(Cl)c1Cl. The van der Waals surface area contributed by atoms with Gasteiger partial charge in [0.2, 0.25) is 0 Å². The third kappa shape index (κ3) is 3.56. The maximum absolute atomic E-state index is 12.5. The summed E-state index contributed by atoms with van der Waals surface area (Å²) in [6.07, 6.45) is 0. The Labute approximate surface area is 162 Å². The molecule has 3 rings (SSSR count). The fraction of sp³-hybridized carbons (Fsp3) is 0.158. The quantitative estimate of drug-likeness (QED) is 0.736. The first-order chi connectivity index (χ1) is 11.9. The topological polar surface area (TPSA) is 41.1 Å². The van der Waals surface area contributed by atoms with Crippen molar-refractivity contribution in [2.45, 2.75) is 19.9 Å². The average molecular weight is 391 g/mol. The summed E-state index contributed by atoms with van der Waals surface area (Å²) in [5.74, 6) is -0.0703.